The Morgan fingerprint density at radius 3 is 2.35 bits per heavy atom. The molecule has 96 valence electrons. The fourth-order valence-electron chi connectivity index (χ4n) is 2.17. The molecule has 0 heterocycles. The molecule has 2 nitrogen and oxygen atoms in total. The van der Waals surface area contributed by atoms with Crippen LogP contribution in [0.4, 0.5) is 0 Å². The highest BCUT2D eigenvalue weighted by Crippen LogP contribution is 2.15. The number of hydrogen-bond acceptors (Lipinski definition) is 2. The van der Waals surface area contributed by atoms with E-state index in [9.17, 15) is 0 Å². The van der Waals surface area contributed by atoms with Crippen LogP contribution >= 0.6 is 0 Å². The van der Waals surface area contributed by atoms with Gasteiger partial charge in [-0.05, 0) is 44.0 Å². The molecule has 2 N–H and O–H groups in total. The Kier molecular flexibility index (Phi) is 6.23. The average molecular weight is 234 g/mol. The summed E-state index contributed by atoms with van der Waals surface area (Å²) < 4.78 is 0. The van der Waals surface area contributed by atoms with Gasteiger partial charge in [-0.2, -0.15) is 0 Å². The van der Waals surface area contributed by atoms with Gasteiger partial charge in [0.15, 0.2) is 0 Å². The minimum absolute atomic E-state index is 0.644. The Morgan fingerprint density at radius 2 is 1.82 bits per heavy atom. The largest absolute Gasteiger partial charge is 0.330 e. The molecule has 1 aromatic carbocycles. The average Bonchev–Trinajstić information content (AvgIpc) is 2.37. The molecule has 0 saturated carbocycles. The second-order valence-corrected chi connectivity index (χ2v) is 4.63. The lowest BCUT2D eigenvalue weighted by Gasteiger charge is -2.27. The summed E-state index contributed by atoms with van der Waals surface area (Å²) >= 11 is 0. The molecule has 0 saturated heterocycles. The number of nitrogens with two attached hydrogens (primary N) is 1. The predicted molar refractivity (Wildman–Crippen MR) is 75.0 cm³/mol. The molecule has 17 heavy (non-hydrogen) atoms. The summed E-state index contributed by atoms with van der Waals surface area (Å²) in [6.45, 7) is 9.66. The van der Waals surface area contributed by atoms with Gasteiger partial charge in [0.05, 0.1) is 0 Å². The van der Waals surface area contributed by atoms with Crippen LogP contribution in [0.1, 0.15) is 38.3 Å². The molecule has 0 radical (unpaired) electrons. The minimum Gasteiger partial charge on any atom is -0.330 e. The minimum atomic E-state index is 0.644. The van der Waals surface area contributed by atoms with E-state index in [0.29, 0.717) is 6.04 Å². The Hall–Kier alpha value is -0.860. The van der Waals surface area contributed by atoms with E-state index < -0.39 is 0 Å². The van der Waals surface area contributed by atoms with E-state index in [1.807, 2.05) is 0 Å². The van der Waals surface area contributed by atoms with Crippen molar-refractivity contribution in [3.63, 3.8) is 0 Å². The highest BCUT2D eigenvalue weighted by atomic mass is 15.1. The molecule has 2 heteroatoms. The highest BCUT2D eigenvalue weighted by molar-refractivity contribution is 5.27. The number of benzene rings is 1. The van der Waals surface area contributed by atoms with E-state index in [2.05, 4.69) is 49.9 Å². The molecule has 1 aromatic rings. The molecular formula is C15H26N2. The number of rotatable bonds is 7. The van der Waals surface area contributed by atoms with Crippen LogP contribution in [0.3, 0.4) is 0 Å². The van der Waals surface area contributed by atoms with Crippen LogP contribution < -0.4 is 5.73 Å². The standard InChI is InChI=1S/C15H26N2/c1-4-13(3)17(5-2)12-15-9-7-6-8-14(15)10-11-16/h6-9,13H,4-5,10-12,16H2,1-3H3. The van der Waals surface area contributed by atoms with E-state index in [0.717, 1.165) is 26.1 Å². The maximum atomic E-state index is 5.67. The van der Waals surface area contributed by atoms with E-state index in [-0.39, 0.29) is 0 Å². The molecule has 0 aromatic heterocycles. The molecule has 0 spiro atoms. The van der Waals surface area contributed by atoms with E-state index in [1.165, 1.54) is 17.5 Å². The SMILES string of the molecule is CCC(C)N(CC)Cc1ccccc1CCN. The maximum absolute atomic E-state index is 5.67. The van der Waals surface area contributed by atoms with Gasteiger partial charge in [-0.3, -0.25) is 4.90 Å². The van der Waals surface area contributed by atoms with Gasteiger partial charge in [0.1, 0.15) is 0 Å². The normalized spacial score (nSPS) is 13.0. The summed E-state index contributed by atoms with van der Waals surface area (Å²) in [7, 11) is 0. The van der Waals surface area contributed by atoms with Crippen molar-refractivity contribution in [1.29, 1.82) is 0 Å². The summed E-state index contributed by atoms with van der Waals surface area (Å²) in [5, 5.41) is 0. The van der Waals surface area contributed by atoms with Crippen LogP contribution in [0.5, 0.6) is 0 Å². The second kappa shape index (κ2) is 7.46. The summed E-state index contributed by atoms with van der Waals surface area (Å²) in [5.41, 5.74) is 8.50. The molecular weight excluding hydrogens is 208 g/mol. The first kappa shape index (κ1) is 14.2. The van der Waals surface area contributed by atoms with Crippen LogP contribution in [0, 0.1) is 0 Å². The van der Waals surface area contributed by atoms with Crippen LogP contribution in [-0.4, -0.2) is 24.0 Å². The van der Waals surface area contributed by atoms with Crippen molar-refractivity contribution in [3.8, 4) is 0 Å². The topological polar surface area (TPSA) is 29.3 Å². The zero-order valence-corrected chi connectivity index (χ0v) is 11.4. The smallest absolute Gasteiger partial charge is 0.0239 e. The summed E-state index contributed by atoms with van der Waals surface area (Å²) in [6, 6.07) is 9.31. The first-order valence-corrected chi connectivity index (χ1v) is 6.73. The van der Waals surface area contributed by atoms with Crippen molar-refractivity contribution in [2.75, 3.05) is 13.1 Å². The maximum Gasteiger partial charge on any atom is 0.0239 e. The fourth-order valence-corrected chi connectivity index (χ4v) is 2.17. The van der Waals surface area contributed by atoms with Crippen LogP contribution in [-0.2, 0) is 13.0 Å². The van der Waals surface area contributed by atoms with Gasteiger partial charge in [0.2, 0.25) is 0 Å². The molecule has 0 amide bonds. The van der Waals surface area contributed by atoms with Crippen molar-refractivity contribution >= 4 is 0 Å². The zero-order valence-electron chi connectivity index (χ0n) is 11.4. The Labute approximate surface area is 106 Å². The third kappa shape index (κ3) is 4.14. The quantitative estimate of drug-likeness (QED) is 0.786. The molecule has 0 aliphatic rings. The van der Waals surface area contributed by atoms with E-state index in [1.54, 1.807) is 0 Å². The monoisotopic (exact) mass is 234 g/mol. The van der Waals surface area contributed by atoms with Gasteiger partial charge in [0, 0.05) is 12.6 Å². The van der Waals surface area contributed by atoms with Crippen LogP contribution in [0.2, 0.25) is 0 Å². The van der Waals surface area contributed by atoms with E-state index >= 15 is 0 Å². The summed E-state index contributed by atoms with van der Waals surface area (Å²) in [4.78, 5) is 2.52. The molecule has 0 fully saturated rings. The molecule has 0 aliphatic carbocycles. The van der Waals surface area contributed by atoms with Gasteiger partial charge in [-0.1, -0.05) is 38.1 Å². The molecule has 1 atom stereocenters. The molecule has 0 bridgehead atoms. The first-order valence-electron chi connectivity index (χ1n) is 6.73. The van der Waals surface area contributed by atoms with Gasteiger partial charge in [-0.25, -0.2) is 0 Å². The summed E-state index contributed by atoms with van der Waals surface area (Å²) in [6.07, 6.45) is 2.18. The van der Waals surface area contributed by atoms with Gasteiger partial charge < -0.3 is 5.73 Å². The predicted octanol–water partition coefficient (Wildman–Crippen LogP) is 2.81. The number of hydrogen-bond donors (Lipinski definition) is 1. The van der Waals surface area contributed by atoms with E-state index in [4.69, 9.17) is 5.73 Å². The third-order valence-corrected chi connectivity index (χ3v) is 3.53. The first-order chi connectivity index (χ1) is 8.22. The van der Waals surface area contributed by atoms with Gasteiger partial charge >= 0.3 is 0 Å². The number of nitrogens with zero attached hydrogens (tertiary/aromatic N) is 1. The Morgan fingerprint density at radius 1 is 1.18 bits per heavy atom. The fraction of sp³-hybridized carbons (Fsp3) is 0.600. The van der Waals surface area contributed by atoms with Crippen molar-refractivity contribution in [1.82, 2.24) is 4.90 Å². The van der Waals surface area contributed by atoms with Crippen molar-refractivity contribution in [2.24, 2.45) is 5.73 Å². The molecule has 1 unspecified atom stereocenters. The van der Waals surface area contributed by atoms with Crippen molar-refractivity contribution in [3.05, 3.63) is 35.4 Å². The van der Waals surface area contributed by atoms with Crippen molar-refractivity contribution < 1.29 is 0 Å². The highest BCUT2D eigenvalue weighted by Gasteiger charge is 2.12. The Bertz CT molecular complexity index is 322. The molecule has 1 rings (SSSR count). The second-order valence-electron chi connectivity index (χ2n) is 4.63. The lowest BCUT2D eigenvalue weighted by atomic mass is 10.0. The van der Waals surface area contributed by atoms with Gasteiger partial charge in [0.25, 0.3) is 0 Å². The summed E-state index contributed by atoms with van der Waals surface area (Å²) in [5.74, 6) is 0. The lowest BCUT2D eigenvalue weighted by Crippen LogP contribution is -2.32. The zero-order chi connectivity index (χ0) is 12.7. The lowest BCUT2D eigenvalue weighted by molar-refractivity contribution is 0.205. The van der Waals surface area contributed by atoms with Crippen LogP contribution in [0.15, 0.2) is 24.3 Å². The van der Waals surface area contributed by atoms with Gasteiger partial charge in [-0.15, -0.1) is 0 Å². The van der Waals surface area contributed by atoms with Crippen molar-refractivity contribution in [2.45, 2.75) is 46.2 Å². The Balaban J connectivity index is 2.78. The third-order valence-electron chi connectivity index (χ3n) is 3.53. The molecule has 0 aliphatic heterocycles. The van der Waals surface area contributed by atoms with Crippen LogP contribution in [0.25, 0.3) is 0 Å².